The fourth-order valence-electron chi connectivity index (χ4n) is 2.24. The molecule has 0 rings (SSSR count). The summed E-state index contributed by atoms with van der Waals surface area (Å²) >= 11 is 0. The van der Waals surface area contributed by atoms with Gasteiger partial charge >= 0.3 is 12.1 Å². The number of carbonyl (C=O) groups is 3. The molecule has 0 spiro atoms. The molecule has 0 aromatic carbocycles. The molecular formula is C18H34N2O5. The van der Waals surface area contributed by atoms with Gasteiger partial charge in [-0.25, -0.2) is 9.59 Å². The fraction of sp³-hybridized carbons (Fsp3) is 0.833. The molecule has 0 radical (unpaired) electrons. The van der Waals surface area contributed by atoms with Crippen molar-refractivity contribution in [2.45, 2.75) is 85.9 Å². The Balaban J connectivity index is 5.09. The summed E-state index contributed by atoms with van der Waals surface area (Å²) < 4.78 is 5.19. The second-order valence-electron chi connectivity index (χ2n) is 8.99. The summed E-state index contributed by atoms with van der Waals surface area (Å²) in [7, 11) is 0. The van der Waals surface area contributed by atoms with Crippen LogP contribution in [-0.4, -0.2) is 40.8 Å². The second kappa shape index (κ2) is 9.06. The first-order valence-corrected chi connectivity index (χ1v) is 8.63. The number of ether oxygens (including phenoxy) is 1. The van der Waals surface area contributed by atoms with Crippen LogP contribution in [0.25, 0.3) is 0 Å². The number of hydrogen-bond donors (Lipinski definition) is 3. The van der Waals surface area contributed by atoms with Gasteiger partial charge in [-0.1, -0.05) is 34.6 Å². The van der Waals surface area contributed by atoms with Gasteiger partial charge < -0.3 is 20.5 Å². The molecule has 0 heterocycles. The zero-order chi connectivity index (χ0) is 20.0. The van der Waals surface area contributed by atoms with Gasteiger partial charge in [0, 0.05) is 0 Å². The maximum atomic E-state index is 12.5. The Morgan fingerprint density at radius 2 is 1.48 bits per heavy atom. The Labute approximate surface area is 150 Å². The van der Waals surface area contributed by atoms with Crippen LogP contribution in [0, 0.1) is 11.3 Å². The molecule has 0 saturated heterocycles. The van der Waals surface area contributed by atoms with Gasteiger partial charge in [-0.2, -0.15) is 0 Å². The zero-order valence-electron chi connectivity index (χ0n) is 16.7. The normalized spacial score (nSPS) is 14.6. The van der Waals surface area contributed by atoms with E-state index in [1.807, 2.05) is 34.6 Å². The van der Waals surface area contributed by atoms with Crippen LogP contribution in [0.15, 0.2) is 0 Å². The number of alkyl carbamates (subject to hydrolysis) is 1. The van der Waals surface area contributed by atoms with Gasteiger partial charge in [0.15, 0.2) is 0 Å². The summed E-state index contributed by atoms with van der Waals surface area (Å²) in [6.45, 7) is 14.7. The first-order valence-electron chi connectivity index (χ1n) is 8.63. The van der Waals surface area contributed by atoms with Crippen molar-refractivity contribution in [3.63, 3.8) is 0 Å². The van der Waals surface area contributed by atoms with Crippen LogP contribution >= 0.6 is 0 Å². The van der Waals surface area contributed by atoms with E-state index >= 15 is 0 Å². The van der Waals surface area contributed by atoms with Crippen LogP contribution < -0.4 is 10.6 Å². The largest absolute Gasteiger partial charge is 0.480 e. The minimum atomic E-state index is -1.09. The standard InChI is InChI=1S/C18H34N2O5/c1-11(2)9-12(20-16(24)25-18(6,7)8)14(21)19-13(15(22)23)10-17(3,4)5/h11-13H,9-10H2,1-8H3,(H,19,21)(H,20,24)(H,22,23)/t12-,13+/m1/s1. The first kappa shape index (κ1) is 23.2. The number of nitrogens with one attached hydrogen (secondary N) is 2. The van der Waals surface area contributed by atoms with Crippen molar-refractivity contribution in [3.05, 3.63) is 0 Å². The summed E-state index contributed by atoms with van der Waals surface area (Å²) in [4.78, 5) is 36.0. The van der Waals surface area contributed by atoms with Crippen molar-refractivity contribution in [2.75, 3.05) is 0 Å². The molecule has 146 valence electrons. The van der Waals surface area contributed by atoms with Crippen LogP contribution in [0.4, 0.5) is 4.79 Å². The van der Waals surface area contributed by atoms with E-state index in [0.717, 1.165) is 0 Å². The summed E-state index contributed by atoms with van der Waals surface area (Å²) in [6.07, 6.45) is -0.0297. The van der Waals surface area contributed by atoms with Crippen molar-refractivity contribution >= 4 is 18.0 Å². The van der Waals surface area contributed by atoms with Crippen molar-refractivity contribution in [2.24, 2.45) is 11.3 Å². The monoisotopic (exact) mass is 358 g/mol. The molecule has 0 saturated carbocycles. The molecule has 0 bridgehead atoms. The molecule has 2 amide bonds. The van der Waals surface area contributed by atoms with E-state index in [1.165, 1.54) is 0 Å². The fourth-order valence-corrected chi connectivity index (χ4v) is 2.24. The van der Waals surface area contributed by atoms with Gasteiger partial charge in [0.25, 0.3) is 0 Å². The lowest BCUT2D eigenvalue weighted by atomic mass is 9.88. The quantitative estimate of drug-likeness (QED) is 0.649. The van der Waals surface area contributed by atoms with E-state index < -0.39 is 35.7 Å². The lowest BCUT2D eigenvalue weighted by Crippen LogP contribution is -2.53. The Morgan fingerprint density at radius 3 is 1.84 bits per heavy atom. The number of carbonyl (C=O) groups excluding carboxylic acids is 2. The third kappa shape index (κ3) is 11.4. The number of carboxylic acids is 1. The maximum Gasteiger partial charge on any atom is 0.408 e. The Morgan fingerprint density at radius 1 is 0.960 bits per heavy atom. The highest BCUT2D eigenvalue weighted by atomic mass is 16.6. The van der Waals surface area contributed by atoms with Crippen LogP contribution in [0.2, 0.25) is 0 Å². The summed E-state index contributed by atoms with van der Waals surface area (Å²) in [5.74, 6) is -1.48. The van der Waals surface area contributed by atoms with Crippen LogP contribution in [0.3, 0.4) is 0 Å². The van der Waals surface area contributed by atoms with Gasteiger partial charge in [0.05, 0.1) is 0 Å². The van der Waals surface area contributed by atoms with Gasteiger partial charge in [0.2, 0.25) is 5.91 Å². The molecule has 2 atom stereocenters. The van der Waals surface area contributed by atoms with Crippen LogP contribution in [-0.2, 0) is 14.3 Å². The Kier molecular flexibility index (Phi) is 8.41. The highest BCUT2D eigenvalue weighted by Gasteiger charge is 2.30. The molecule has 7 heteroatoms. The Bertz CT molecular complexity index is 475. The molecule has 3 N–H and O–H groups in total. The first-order chi connectivity index (χ1) is 11.1. The van der Waals surface area contributed by atoms with E-state index in [0.29, 0.717) is 6.42 Å². The smallest absolute Gasteiger partial charge is 0.408 e. The van der Waals surface area contributed by atoms with Crippen molar-refractivity contribution < 1.29 is 24.2 Å². The van der Waals surface area contributed by atoms with E-state index in [9.17, 15) is 19.5 Å². The average molecular weight is 358 g/mol. The zero-order valence-corrected chi connectivity index (χ0v) is 16.7. The number of carboxylic acid groups (broad SMARTS) is 1. The van der Waals surface area contributed by atoms with Crippen LogP contribution in [0.1, 0.15) is 68.2 Å². The highest BCUT2D eigenvalue weighted by molar-refractivity contribution is 5.89. The molecule has 25 heavy (non-hydrogen) atoms. The predicted molar refractivity (Wildman–Crippen MR) is 96.3 cm³/mol. The minimum Gasteiger partial charge on any atom is -0.480 e. The van der Waals surface area contributed by atoms with Crippen molar-refractivity contribution in [1.82, 2.24) is 10.6 Å². The highest BCUT2D eigenvalue weighted by Crippen LogP contribution is 2.21. The third-order valence-corrected chi connectivity index (χ3v) is 3.15. The molecular weight excluding hydrogens is 324 g/mol. The molecule has 0 aliphatic carbocycles. The lowest BCUT2D eigenvalue weighted by Gasteiger charge is -2.27. The second-order valence-corrected chi connectivity index (χ2v) is 8.99. The number of hydrogen-bond acceptors (Lipinski definition) is 4. The van der Waals surface area contributed by atoms with Crippen molar-refractivity contribution in [1.29, 1.82) is 0 Å². The molecule has 7 nitrogen and oxygen atoms in total. The summed E-state index contributed by atoms with van der Waals surface area (Å²) in [5.41, 5.74) is -0.943. The molecule has 0 aromatic rings. The molecule has 0 unspecified atom stereocenters. The van der Waals surface area contributed by atoms with Gasteiger partial charge in [-0.15, -0.1) is 0 Å². The number of rotatable bonds is 7. The molecule has 0 aliphatic heterocycles. The molecule has 0 fully saturated rings. The Hall–Kier alpha value is -1.79. The van der Waals surface area contributed by atoms with E-state index in [-0.39, 0.29) is 17.8 Å². The molecule has 0 aromatic heterocycles. The maximum absolute atomic E-state index is 12.5. The van der Waals surface area contributed by atoms with Gasteiger partial charge in [-0.05, 0) is 44.9 Å². The topological polar surface area (TPSA) is 105 Å². The molecule has 0 aliphatic rings. The van der Waals surface area contributed by atoms with Crippen molar-refractivity contribution in [3.8, 4) is 0 Å². The number of amides is 2. The minimum absolute atomic E-state index is 0.136. The third-order valence-electron chi connectivity index (χ3n) is 3.15. The predicted octanol–water partition coefficient (Wildman–Crippen LogP) is 2.93. The van der Waals surface area contributed by atoms with E-state index in [1.54, 1.807) is 20.8 Å². The van der Waals surface area contributed by atoms with E-state index in [4.69, 9.17) is 4.74 Å². The van der Waals surface area contributed by atoms with Crippen LogP contribution in [0.5, 0.6) is 0 Å². The van der Waals surface area contributed by atoms with Gasteiger partial charge in [-0.3, -0.25) is 4.79 Å². The van der Waals surface area contributed by atoms with Gasteiger partial charge in [0.1, 0.15) is 17.7 Å². The summed E-state index contributed by atoms with van der Waals surface area (Å²) in [5, 5.41) is 14.4. The number of aliphatic carboxylic acids is 1. The average Bonchev–Trinajstić information content (AvgIpc) is 2.32. The van der Waals surface area contributed by atoms with E-state index in [2.05, 4.69) is 10.6 Å². The summed E-state index contributed by atoms with van der Waals surface area (Å²) in [6, 6.07) is -1.86. The lowest BCUT2D eigenvalue weighted by molar-refractivity contribution is -0.143. The SMILES string of the molecule is CC(C)C[C@@H](NC(=O)OC(C)(C)C)C(=O)N[C@@H](CC(C)(C)C)C(=O)O.